The molecule has 0 amide bonds. The minimum atomic E-state index is -1.33. The van der Waals surface area contributed by atoms with Crippen LogP contribution in [0, 0.1) is 6.92 Å². The summed E-state index contributed by atoms with van der Waals surface area (Å²) in [6.07, 6.45) is -0.510. The van der Waals surface area contributed by atoms with Gasteiger partial charge in [0.1, 0.15) is 5.58 Å². The Balaban J connectivity index is 2.46. The van der Waals surface area contributed by atoms with Crippen LogP contribution in [-0.4, -0.2) is 5.97 Å². The van der Waals surface area contributed by atoms with Crippen molar-refractivity contribution in [2.45, 2.75) is 13.3 Å². The molecule has 0 saturated heterocycles. The SMILES string of the molecule is Cc1cc2c(-c3ccccc3)c(CC(=O)[O-])c(=O)oc2cc1Cl. The van der Waals surface area contributed by atoms with Gasteiger partial charge in [0, 0.05) is 34.4 Å². The van der Waals surface area contributed by atoms with Gasteiger partial charge in [0.15, 0.2) is 0 Å². The minimum Gasteiger partial charge on any atom is -0.550 e. The van der Waals surface area contributed by atoms with E-state index in [4.69, 9.17) is 16.0 Å². The molecule has 0 saturated carbocycles. The van der Waals surface area contributed by atoms with Crippen molar-refractivity contribution in [2.75, 3.05) is 0 Å². The van der Waals surface area contributed by atoms with E-state index >= 15 is 0 Å². The molecule has 2 aromatic carbocycles. The summed E-state index contributed by atoms with van der Waals surface area (Å²) in [5, 5.41) is 12.2. The van der Waals surface area contributed by atoms with Gasteiger partial charge in [-0.25, -0.2) is 4.79 Å². The fourth-order valence-corrected chi connectivity index (χ4v) is 2.76. The highest BCUT2D eigenvalue weighted by Gasteiger charge is 2.17. The Morgan fingerprint density at radius 2 is 1.91 bits per heavy atom. The summed E-state index contributed by atoms with van der Waals surface area (Å²) in [7, 11) is 0. The van der Waals surface area contributed by atoms with Crippen molar-refractivity contribution in [3.05, 3.63) is 69.0 Å². The van der Waals surface area contributed by atoms with Crippen LogP contribution in [0.2, 0.25) is 5.02 Å². The van der Waals surface area contributed by atoms with E-state index in [-0.39, 0.29) is 5.56 Å². The van der Waals surface area contributed by atoms with Crippen LogP contribution in [0.15, 0.2) is 51.7 Å². The second-order valence-electron chi connectivity index (χ2n) is 5.26. The first-order chi connectivity index (χ1) is 11.0. The van der Waals surface area contributed by atoms with Gasteiger partial charge in [-0.2, -0.15) is 0 Å². The Morgan fingerprint density at radius 3 is 2.57 bits per heavy atom. The quantitative estimate of drug-likeness (QED) is 0.693. The maximum atomic E-state index is 12.3. The number of rotatable bonds is 3. The summed E-state index contributed by atoms with van der Waals surface area (Å²) in [5.41, 5.74) is 1.80. The molecule has 5 heteroatoms. The number of fused-ring (bicyclic) bond motifs is 1. The minimum absolute atomic E-state index is 0.0745. The Morgan fingerprint density at radius 1 is 1.22 bits per heavy atom. The normalized spacial score (nSPS) is 10.9. The van der Waals surface area contributed by atoms with Crippen molar-refractivity contribution in [3.8, 4) is 11.1 Å². The number of carboxylic acid groups (broad SMARTS) is 1. The van der Waals surface area contributed by atoms with Crippen LogP contribution in [0.1, 0.15) is 11.1 Å². The molecule has 1 aromatic heterocycles. The predicted octanol–water partition coefficient (Wildman–Crippen LogP) is 2.71. The molecule has 116 valence electrons. The Bertz CT molecular complexity index is 958. The highest BCUT2D eigenvalue weighted by atomic mass is 35.5. The van der Waals surface area contributed by atoms with E-state index in [1.165, 1.54) is 0 Å². The van der Waals surface area contributed by atoms with Crippen LogP contribution in [0.4, 0.5) is 0 Å². The summed E-state index contributed by atoms with van der Waals surface area (Å²) in [6.45, 7) is 1.83. The molecule has 0 aliphatic heterocycles. The van der Waals surface area contributed by atoms with Crippen LogP contribution in [0.3, 0.4) is 0 Å². The van der Waals surface area contributed by atoms with Crippen molar-refractivity contribution in [1.29, 1.82) is 0 Å². The number of aryl methyl sites for hydroxylation is 1. The van der Waals surface area contributed by atoms with Gasteiger partial charge < -0.3 is 14.3 Å². The molecule has 0 unspecified atom stereocenters. The molecule has 23 heavy (non-hydrogen) atoms. The summed E-state index contributed by atoms with van der Waals surface area (Å²) in [5.74, 6) is -1.33. The summed E-state index contributed by atoms with van der Waals surface area (Å²) in [4.78, 5) is 23.3. The second kappa shape index (κ2) is 5.89. The van der Waals surface area contributed by atoms with Gasteiger partial charge in [0.05, 0.1) is 5.56 Å². The third-order valence-electron chi connectivity index (χ3n) is 3.66. The van der Waals surface area contributed by atoms with Crippen molar-refractivity contribution in [3.63, 3.8) is 0 Å². The maximum Gasteiger partial charge on any atom is 0.340 e. The van der Waals surface area contributed by atoms with Crippen LogP contribution >= 0.6 is 11.6 Å². The van der Waals surface area contributed by atoms with Gasteiger partial charge in [-0.3, -0.25) is 0 Å². The third kappa shape index (κ3) is 2.85. The number of carbonyl (C=O) groups is 1. The number of carbonyl (C=O) groups excluding carboxylic acids is 1. The number of benzene rings is 2. The molecule has 0 N–H and O–H groups in total. The average Bonchev–Trinajstić information content (AvgIpc) is 2.51. The molecule has 3 aromatic rings. The Labute approximate surface area is 136 Å². The zero-order valence-corrected chi connectivity index (χ0v) is 13.0. The molecule has 3 rings (SSSR count). The van der Waals surface area contributed by atoms with Gasteiger partial charge >= 0.3 is 5.63 Å². The molecule has 1 heterocycles. The van der Waals surface area contributed by atoms with Crippen molar-refractivity contribution in [1.82, 2.24) is 0 Å². The molecule has 0 aliphatic rings. The van der Waals surface area contributed by atoms with Crippen LogP contribution < -0.4 is 10.7 Å². The first kappa shape index (κ1) is 15.3. The average molecular weight is 328 g/mol. The van der Waals surface area contributed by atoms with Gasteiger partial charge in [-0.1, -0.05) is 41.9 Å². The smallest absolute Gasteiger partial charge is 0.340 e. The first-order valence-corrected chi connectivity index (χ1v) is 7.36. The van der Waals surface area contributed by atoms with Crippen LogP contribution in [0.25, 0.3) is 22.1 Å². The lowest BCUT2D eigenvalue weighted by Crippen LogP contribution is -2.27. The van der Waals surface area contributed by atoms with Crippen LogP contribution in [0.5, 0.6) is 0 Å². The van der Waals surface area contributed by atoms with E-state index in [1.807, 2.05) is 37.3 Å². The van der Waals surface area contributed by atoms with E-state index in [0.717, 1.165) is 11.1 Å². The van der Waals surface area contributed by atoms with E-state index in [9.17, 15) is 14.7 Å². The lowest BCUT2D eigenvalue weighted by Gasteiger charge is -2.13. The summed E-state index contributed by atoms with van der Waals surface area (Å²) >= 11 is 6.10. The Kier molecular flexibility index (Phi) is 3.92. The second-order valence-corrected chi connectivity index (χ2v) is 5.66. The lowest BCUT2D eigenvalue weighted by molar-refractivity contribution is -0.304. The number of carboxylic acids is 1. The highest BCUT2D eigenvalue weighted by Crippen LogP contribution is 2.33. The van der Waals surface area contributed by atoms with Gasteiger partial charge in [0.25, 0.3) is 0 Å². The van der Waals surface area contributed by atoms with E-state index in [0.29, 0.717) is 21.6 Å². The highest BCUT2D eigenvalue weighted by molar-refractivity contribution is 6.32. The van der Waals surface area contributed by atoms with E-state index in [1.54, 1.807) is 12.1 Å². The molecule has 4 nitrogen and oxygen atoms in total. The van der Waals surface area contributed by atoms with Crippen molar-refractivity contribution in [2.24, 2.45) is 0 Å². The first-order valence-electron chi connectivity index (χ1n) is 6.98. The monoisotopic (exact) mass is 327 g/mol. The van der Waals surface area contributed by atoms with E-state index < -0.39 is 18.0 Å². The number of hydrogen-bond donors (Lipinski definition) is 0. The van der Waals surface area contributed by atoms with E-state index in [2.05, 4.69) is 0 Å². The summed E-state index contributed by atoms with van der Waals surface area (Å²) < 4.78 is 5.26. The molecule has 0 fully saturated rings. The molecule has 0 bridgehead atoms. The van der Waals surface area contributed by atoms with Crippen molar-refractivity contribution < 1.29 is 14.3 Å². The topological polar surface area (TPSA) is 70.3 Å². The molecular weight excluding hydrogens is 316 g/mol. The van der Waals surface area contributed by atoms with Gasteiger partial charge in [-0.15, -0.1) is 0 Å². The molecular formula is C18H12ClO4-. The lowest BCUT2D eigenvalue weighted by atomic mass is 9.95. The fourth-order valence-electron chi connectivity index (χ4n) is 2.61. The number of aliphatic carboxylic acids is 1. The molecule has 0 aliphatic carbocycles. The zero-order chi connectivity index (χ0) is 16.6. The van der Waals surface area contributed by atoms with Gasteiger partial charge in [0.2, 0.25) is 0 Å². The molecule has 0 spiro atoms. The summed E-state index contributed by atoms with van der Waals surface area (Å²) in [6, 6.07) is 12.5. The maximum absolute atomic E-state index is 12.3. The third-order valence-corrected chi connectivity index (χ3v) is 4.07. The van der Waals surface area contributed by atoms with Gasteiger partial charge in [-0.05, 0) is 24.1 Å². The standard InChI is InChI=1S/C18H13ClO4/c1-10-7-12-15(9-14(10)19)23-18(22)13(8-16(20)21)17(12)11-5-3-2-4-6-11/h2-7,9H,8H2,1H3,(H,20,21)/p-1. The molecule has 0 atom stereocenters. The number of hydrogen-bond acceptors (Lipinski definition) is 4. The van der Waals surface area contributed by atoms with Crippen LogP contribution in [-0.2, 0) is 11.2 Å². The fraction of sp³-hybridized carbons (Fsp3) is 0.111. The largest absolute Gasteiger partial charge is 0.550 e. The predicted molar refractivity (Wildman–Crippen MR) is 86.4 cm³/mol. The molecule has 0 radical (unpaired) electrons. The number of halogens is 1. The Hall–Kier alpha value is -2.59. The van der Waals surface area contributed by atoms with Crippen molar-refractivity contribution >= 4 is 28.5 Å². The zero-order valence-electron chi connectivity index (χ0n) is 12.3.